The number of fused-ring (bicyclic) bond motifs is 1. The van der Waals surface area contributed by atoms with Crippen LogP contribution in [-0.4, -0.2) is 56.4 Å². The summed E-state index contributed by atoms with van der Waals surface area (Å²) in [4.78, 5) is 17.5. The van der Waals surface area contributed by atoms with Gasteiger partial charge in [-0.25, -0.2) is 15.0 Å². The lowest BCUT2D eigenvalue weighted by atomic mass is 10.1. The van der Waals surface area contributed by atoms with Crippen molar-refractivity contribution in [2.24, 2.45) is 4.99 Å². The zero-order valence-corrected chi connectivity index (χ0v) is 20.1. The Bertz CT molecular complexity index is 1420. The van der Waals surface area contributed by atoms with E-state index < -0.39 is 5.54 Å². The molecule has 3 N–H and O–H groups in total. The second-order valence-corrected chi connectivity index (χ2v) is 8.93. The Balaban J connectivity index is 1.36. The van der Waals surface area contributed by atoms with Gasteiger partial charge in [-0.2, -0.15) is 0 Å². The van der Waals surface area contributed by atoms with Crippen LogP contribution in [0.4, 0.5) is 11.5 Å². The molecular weight excluding hydrogens is 458 g/mol. The minimum Gasteiger partial charge on any atom is -0.478 e. The zero-order chi connectivity index (χ0) is 25.1. The van der Waals surface area contributed by atoms with Crippen LogP contribution in [0.15, 0.2) is 66.0 Å². The smallest absolute Gasteiger partial charge is 0.188 e. The number of aryl methyl sites for hydroxylation is 2. The van der Waals surface area contributed by atoms with Gasteiger partial charge in [-0.15, -0.1) is 0 Å². The summed E-state index contributed by atoms with van der Waals surface area (Å²) >= 11 is 0. The average molecular weight is 486 g/mol. The normalized spacial score (nSPS) is 14.4. The van der Waals surface area contributed by atoms with Crippen LogP contribution in [-0.2, 0) is 11.2 Å². The third kappa shape index (κ3) is 4.98. The number of nitrogens with one attached hydrogen (secondary N) is 1. The summed E-state index contributed by atoms with van der Waals surface area (Å²) in [7, 11) is 0. The van der Waals surface area contributed by atoms with Gasteiger partial charge >= 0.3 is 0 Å². The van der Waals surface area contributed by atoms with Crippen LogP contribution in [0.25, 0.3) is 10.9 Å². The molecule has 9 nitrogen and oxygen atoms in total. The summed E-state index contributed by atoms with van der Waals surface area (Å²) in [5, 5.41) is 23.4. The molecule has 184 valence electrons. The van der Waals surface area contributed by atoms with Gasteiger partial charge in [-0.05, 0) is 67.4 Å². The molecule has 2 aromatic carbocycles. The van der Waals surface area contributed by atoms with Crippen molar-refractivity contribution in [2.45, 2.75) is 25.8 Å². The molecule has 0 fully saturated rings. The predicted molar refractivity (Wildman–Crippen MR) is 137 cm³/mol. The van der Waals surface area contributed by atoms with Crippen molar-refractivity contribution in [1.82, 2.24) is 15.0 Å². The summed E-state index contributed by atoms with van der Waals surface area (Å²) in [6.45, 7) is 3.55. The number of aliphatic hydroxyl groups is 2. The van der Waals surface area contributed by atoms with Crippen molar-refractivity contribution in [3.8, 4) is 11.5 Å². The first kappa shape index (κ1) is 23.7. The van der Waals surface area contributed by atoms with Crippen LogP contribution in [0.1, 0.15) is 16.8 Å². The first-order valence-corrected chi connectivity index (χ1v) is 11.6. The Labute approximate surface area is 208 Å². The molecular formula is C27H27N5O4. The van der Waals surface area contributed by atoms with Gasteiger partial charge in [-0.3, -0.25) is 4.98 Å². The molecule has 36 heavy (non-hydrogen) atoms. The van der Waals surface area contributed by atoms with Gasteiger partial charge in [-0.1, -0.05) is 6.07 Å². The molecule has 0 amide bonds. The average Bonchev–Trinajstić information content (AvgIpc) is 3.31. The second kappa shape index (κ2) is 9.88. The highest BCUT2D eigenvalue weighted by Crippen LogP contribution is 2.30. The molecule has 0 bridgehead atoms. The number of ether oxygens (including phenoxy) is 2. The highest BCUT2D eigenvalue weighted by atomic mass is 16.5. The number of aliphatic imine (C=N–C) groups is 1. The molecule has 0 spiro atoms. The number of benzene rings is 2. The van der Waals surface area contributed by atoms with Crippen LogP contribution in [0, 0.1) is 13.8 Å². The fourth-order valence-corrected chi connectivity index (χ4v) is 3.96. The van der Waals surface area contributed by atoms with Crippen molar-refractivity contribution in [2.75, 3.05) is 25.1 Å². The van der Waals surface area contributed by atoms with E-state index in [1.165, 1.54) is 6.33 Å². The molecule has 3 heterocycles. The molecule has 0 radical (unpaired) electrons. The molecule has 2 aromatic heterocycles. The summed E-state index contributed by atoms with van der Waals surface area (Å²) in [5.41, 5.74) is 3.56. The van der Waals surface area contributed by atoms with E-state index in [-0.39, 0.29) is 19.8 Å². The number of nitrogens with zero attached hydrogens (tertiary/aromatic N) is 4. The summed E-state index contributed by atoms with van der Waals surface area (Å²) in [5.74, 6) is 2.59. The van der Waals surface area contributed by atoms with Crippen LogP contribution in [0.5, 0.6) is 11.5 Å². The summed E-state index contributed by atoms with van der Waals surface area (Å²) in [6, 6.07) is 15.5. The highest BCUT2D eigenvalue weighted by Gasteiger charge is 2.35. The number of pyridine rings is 1. The van der Waals surface area contributed by atoms with Gasteiger partial charge < -0.3 is 25.0 Å². The largest absolute Gasteiger partial charge is 0.478 e. The molecule has 0 unspecified atom stereocenters. The van der Waals surface area contributed by atoms with E-state index in [0.29, 0.717) is 23.9 Å². The van der Waals surface area contributed by atoms with Gasteiger partial charge in [0.1, 0.15) is 35.8 Å². The molecule has 0 aliphatic carbocycles. The fraction of sp³-hybridized carbons (Fsp3) is 0.259. The van der Waals surface area contributed by atoms with Crippen LogP contribution in [0.2, 0.25) is 0 Å². The second-order valence-electron chi connectivity index (χ2n) is 8.93. The maximum absolute atomic E-state index is 9.56. The van der Waals surface area contributed by atoms with Crippen molar-refractivity contribution in [1.29, 1.82) is 0 Å². The van der Waals surface area contributed by atoms with Crippen molar-refractivity contribution < 1.29 is 19.7 Å². The van der Waals surface area contributed by atoms with Crippen LogP contribution in [0.3, 0.4) is 0 Å². The van der Waals surface area contributed by atoms with Gasteiger partial charge in [0, 0.05) is 23.2 Å². The molecule has 0 saturated carbocycles. The number of aliphatic hydroxyl groups excluding tert-OH is 2. The topological polar surface area (TPSA) is 122 Å². The molecule has 1 aliphatic heterocycles. The van der Waals surface area contributed by atoms with Gasteiger partial charge in [0.25, 0.3) is 0 Å². The SMILES string of the molecule is Cc1ccc(Oc2ccc(Nc3ncnc4ccc(CC5=NC(CO)(CO)CO5)cc34)cc2C)cn1. The van der Waals surface area contributed by atoms with Gasteiger partial charge in [0.15, 0.2) is 5.90 Å². The van der Waals surface area contributed by atoms with Crippen LogP contribution < -0.4 is 10.1 Å². The standard InChI is InChI=1S/C27H27N5O4/c1-17-9-20(5-8-24(17)36-21-6-3-18(2)28-12-21)31-26-22-10-19(4-7-23(22)29-16-30-26)11-25-32-27(13-33,14-34)15-35-25/h3-10,12,16,33-34H,11,13-15H2,1-2H3,(H,29,30,31). The first-order chi connectivity index (χ1) is 17.5. The number of aromatic nitrogens is 3. The lowest BCUT2D eigenvalue weighted by Crippen LogP contribution is -2.37. The molecule has 0 atom stereocenters. The quantitative estimate of drug-likeness (QED) is 0.344. The van der Waals surface area contributed by atoms with E-state index in [9.17, 15) is 10.2 Å². The first-order valence-electron chi connectivity index (χ1n) is 11.6. The van der Waals surface area contributed by atoms with Crippen molar-refractivity contribution in [3.63, 3.8) is 0 Å². The van der Waals surface area contributed by atoms with Gasteiger partial charge in [0.05, 0.1) is 24.9 Å². The minimum absolute atomic E-state index is 0.165. The van der Waals surface area contributed by atoms with E-state index in [1.807, 2.05) is 62.4 Å². The Morgan fingerprint density at radius 3 is 2.58 bits per heavy atom. The third-order valence-corrected chi connectivity index (χ3v) is 6.06. The highest BCUT2D eigenvalue weighted by molar-refractivity contribution is 5.92. The predicted octanol–water partition coefficient (Wildman–Crippen LogP) is 3.87. The summed E-state index contributed by atoms with van der Waals surface area (Å²) in [6.07, 6.45) is 3.67. The maximum atomic E-state index is 9.56. The fourth-order valence-electron chi connectivity index (χ4n) is 3.96. The third-order valence-electron chi connectivity index (χ3n) is 6.06. The van der Waals surface area contributed by atoms with Gasteiger partial charge in [0.2, 0.25) is 0 Å². The molecule has 9 heteroatoms. The molecule has 4 aromatic rings. The monoisotopic (exact) mass is 485 g/mol. The molecule has 5 rings (SSSR count). The van der Waals surface area contributed by atoms with Crippen LogP contribution >= 0.6 is 0 Å². The number of rotatable bonds is 8. The maximum Gasteiger partial charge on any atom is 0.188 e. The van der Waals surface area contributed by atoms with E-state index >= 15 is 0 Å². The molecule has 0 saturated heterocycles. The zero-order valence-electron chi connectivity index (χ0n) is 20.1. The van der Waals surface area contributed by atoms with Crippen molar-refractivity contribution in [3.05, 3.63) is 77.9 Å². The summed E-state index contributed by atoms with van der Waals surface area (Å²) < 4.78 is 11.6. The van der Waals surface area contributed by atoms with E-state index in [2.05, 4.69) is 25.3 Å². The Hall–Kier alpha value is -4.08. The number of anilines is 2. The molecule has 1 aliphatic rings. The van der Waals surface area contributed by atoms with E-state index in [4.69, 9.17) is 9.47 Å². The Kier molecular flexibility index (Phi) is 6.49. The minimum atomic E-state index is -0.967. The number of hydrogen-bond acceptors (Lipinski definition) is 9. The van der Waals surface area contributed by atoms with E-state index in [1.54, 1.807) is 6.20 Å². The van der Waals surface area contributed by atoms with E-state index in [0.717, 1.165) is 39.2 Å². The Morgan fingerprint density at radius 1 is 1.00 bits per heavy atom. The lowest BCUT2D eigenvalue weighted by Gasteiger charge is -2.16. The number of hydrogen-bond donors (Lipinski definition) is 3. The lowest BCUT2D eigenvalue weighted by molar-refractivity contribution is 0.0973. The van der Waals surface area contributed by atoms with Crippen molar-refractivity contribution >= 4 is 28.3 Å². The Morgan fingerprint density at radius 2 is 1.86 bits per heavy atom.